The number of unbranched alkanes of at least 4 members (excludes halogenated alkanes) is 20. The molecule has 0 radical (unpaired) electrons. The van der Waals surface area contributed by atoms with Gasteiger partial charge in [-0.25, -0.2) is 0 Å². The van der Waals surface area contributed by atoms with Gasteiger partial charge in [-0.05, 0) is 48.3 Å². The van der Waals surface area contributed by atoms with Crippen LogP contribution in [0.4, 0.5) is 0 Å². The van der Waals surface area contributed by atoms with Crippen molar-refractivity contribution in [1.82, 2.24) is 0 Å². The number of fused-ring (bicyclic) bond motifs is 1. The summed E-state index contributed by atoms with van der Waals surface area (Å²) in [5.74, 6) is 0. The fourth-order valence-electron chi connectivity index (χ4n) is 6.13. The van der Waals surface area contributed by atoms with Crippen LogP contribution in [0.15, 0.2) is 35.2 Å². The van der Waals surface area contributed by atoms with E-state index in [-0.39, 0.29) is 4.90 Å². The van der Waals surface area contributed by atoms with Gasteiger partial charge < -0.3 is 0 Å². The molecule has 0 saturated heterocycles. The first kappa shape index (κ1) is 34.8. The topological polar surface area (TPSA) is 54.4 Å². The van der Waals surface area contributed by atoms with E-state index in [1.54, 1.807) is 6.07 Å². The summed E-state index contributed by atoms with van der Waals surface area (Å²) in [5.41, 5.74) is 2.47. The SMILES string of the molecule is CCCCCCCCCCCCCc1cccc2c(S(=O)(=O)O)ccc(CCCCCCCCCCCCC)c12. The average Bonchev–Trinajstić information content (AvgIpc) is 2.94. The summed E-state index contributed by atoms with van der Waals surface area (Å²) in [4.78, 5) is 0.0472. The van der Waals surface area contributed by atoms with Gasteiger partial charge in [0.1, 0.15) is 4.90 Å². The molecule has 0 fully saturated rings. The molecule has 0 atom stereocenters. The fraction of sp³-hybridized carbons (Fsp3) is 0.722. The van der Waals surface area contributed by atoms with E-state index >= 15 is 0 Å². The van der Waals surface area contributed by atoms with E-state index < -0.39 is 10.1 Å². The molecule has 0 aromatic heterocycles. The van der Waals surface area contributed by atoms with Gasteiger partial charge in [-0.15, -0.1) is 0 Å². The van der Waals surface area contributed by atoms with E-state index in [1.165, 1.54) is 140 Å². The van der Waals surface area contributed by atoms with Gasteiger partial charge in [-0.1, -0.05) is 167 Å². The molecule has 3 nitrogen and oxygen atoms in total. The van der Waals surface area contributed by atoms with Crippen LogP contribution in [0.5, 0.6) is 0 Å². The second-order valence-corrected chi connectivity index (χ2v) is 13.5. The molecule has 1 N–H and O–H groups in total. The lowest BCUT2D eigenvalue weighted by Crippen LogP contribution is -2.02. The van der Waals surface area contributed by atoms with Crippen molar-refractivity contribution < 1.29 is 13.0 Å². The maximum Gasteiger partial charge on any atom is 0.295 e. The summed E-state index contributed by atoms with van der Waals surface area (Å²) in [6, 6.07) is 9.54. The van der Waals surface area contributed by atoms with Gasteiger partial charge in [-0.2, -0.15) is 8.42 Å². The van der Waals surface area contributed by atoms with Crippen molar-refractivity contribution in [2.24, 2.45) is 0 Å². The third-order valence-electron chi connectivity index (χ3n) is 8.55. The molecule has 0 saturated carbocycles. The molecule has 0 spiro atoms. The highest BCUT2D eigenvalue weighted by atomic mass is 32.2. The molecule has 0 aliphatic heterocycles. The molecule has 40 heavy (non-hydrogen) atoms. The highest BCUT2D eigenvalue weighted by Gasteiger charge is 2.17. The van der Waals surface area contributed by atoms with Crippen LogP contribution in [-0.4, -0.2) is 13.0 Å². The van der Waals surface area contributed by atoms with E-state index in [0.717, 1.165) is 31.1 Å². The van der Waals surface area contributed by atoms with Gasteiger partial charge in [0.2, 0.25) is 0 Å². The Bertz CT molecular complexity index is 996. The van der Waals surface area contributed by atoms with Crippen molar-refractivity contribution in [1.29, 1.82) is 0 Å². The summed E-state index contributed by atoms with van der Waals surface area (Å²) >= 11 is 0. The molecule has 2 rings (SSSR count). The lowest BCUT2D eigenvalue weighted by Gasteiger charge is -2.14. The highest BCUT2D eigenvalue weighted by molar-refractivity contribution is 7.86. The van der Waals surface area contributed by atoms with Gasteiger partial charge in [-0.3, -0.25) is 4.55 Å². The molecule has 2 aromatic carbocycles. The van der Waals surface area contributed by atoms with Crippen molar-refractivity contribution in [3.05, 3.63) is 41.5 Å². The van der Waals surface area contributed by atoms with Crippen molar-refractivity contribution in [3.8, 4) is 0 Å². The Labute approximate surface area is 247 Å². The van der Waals surface area contributed by atoms with Crippen LogP contribution in [0.25, 0.3) is 10.8 Å². The Morgan fingerprint density at radius 2 is 0.875 bits per heavy atom. The number of aryl methyl sites for hydroxylation is 2. The molecular formula is C36H60O3S. The minimum absolute atomic E-state index is 0.0472. The Hall–Kier alpha value is -1.39. The van der Waals surface area contributed by atoms with Crippen molar-refractivity contribution >= 4 is 20.9 Å². The van der Waals surface area contributed by atoms with Crippen LogP contribution in [0.2, 0.25) is 0 Å². The van der Waals surface area contributed by atoms with E-state index in [4.69, 9.17) is 0 Å². The quantitative estimate of drug-likeness (QED) is 0.0950. The second kappa shape index (κ2) is 21.3. The van der Waals surface area contributed by atoms with Crippen molar-refractivity contribution in [2.75, 3.05) is 0 Å². The van der Waals surface area contributed by atoms with E-state index in [1.807, 2.05) is 18.2 Å². The second-order valence-electron chi connectivity index (χ2n) is 12.1. The number of hydrogen-bond acceptors (Lipinski definition) is 2. The molecular weight excluding hydrogens is 512 g/mol. The van der Waals surface area contributed by atoms with E-state index in [9.17, 15) is 13.0 Å². The molecule has 0 amide bonds. The number of benzene rings is 2. The predicted molar refractivity (Wildman–Crippen MR) is 174 cm³/mol. The summed E-state index contributed by atoms with van der Waals surface area (Å²) in [5, 5.41) is 1.75. The number of hydrogen-bond donors (Lipinski definition) is 1. The average molecular weight is 573 g/mol. The normalized spacial score (nSPS) is 12.0. The molecule has 0 aliphatic carbocycles. The molecule has 4 heteroatoms. The van der Waals surface area contributed by atoms with Crippen LogP contribution in [0.3, 0.4) is 0 Å². The van der Waals surface area contributed by atoms with E-state index in [2.05, 4.69) is 19.9 Å². The fourth-order valence-corrected chi connectivity index (χ4v) is 6.82. The minimum atomic E-state index is -4.25. The van der Waals surface area contributed by atoms with Gasteiger partial charge in [0.15, 0.2) is 0 Å². The Balaban J connectivity index is 1.84. The first-order chi connectivity index (χ1) is 19.5. The standard InChI is InChI=1S/C36H60O3S/c1-3-5-7-9-11-13-15-17-19-21-23-26-32-28-25-29-34-35(40(37,38)39)31-30-33(36(32)34)27-24-22-20-18-16-14-12-10-8-6-4-2/h25,28-31H,3-24,26-27H2,1-2H3,(H,37,38,39). The third kappa shape index (κ3) is 14.0. The maximum atomic E-state index is 12.1. The lowest BCUT2D eigenvalue weighted by atomic mass is 9.93. The van der Waals surface area contributed by atoms with Crippen LogP contribution in [0.1, 0.15) is 166 Å². The summed E-state index contributed by atoms with van der Waals surface area (Å²) in [6.07, 6.45) is 31.0. The lowest BCUT2D eigenvalue weighted by molar-refractivity contribution is 0.484. The van der Waals surface area contributed by atoms with Crippen molar-refractivity contribution in [3.63, 3.8) is 0 Å². The predicted octanol–water partition coefficient (Wildman–Crippen LogP) is 11.8. The monoisotopic (exact) mass is 572 g/mol. The molecule has 2 aromatic rings. The van der Waals surface area contributed by atoms with Crippen LogP contribution in [0, 0.1) is 0 Å². The Morgan fingerprint density at radius 3 is 1.27 bits per heavy atom. The largest absolute Gasteiger partial charge is 0.295 e. The zero-order chi connectivity index (χ0) is 28.9. The van der Waals surface area contributed by atoms with Crippen LogP contribution < -0.4 is 0 Å². The maximum absolute atomic E-state index is 12.1. The van der Waals surface area contributed by atoms with Gasteiger partial charge in [0.25, 0.3) is 10.1 Å². The van der Waals surface area contributed by atoms with E-state index in [0.29, 0.717) is 5.39 Å². The molecule has 228 valence electrons. The zero-order valence-electron chi connectivity index (χ0n) is 26.0. The Kier molecular flexibility index (Phi) is 18.6. The third-order valence-corrected chi connectivity index (χ3v) is 9.46. The van der Waals surface area contributed by atoms with Crippen molar-refractivity contribution in [2.45, 2.75) is 173 Å². The summed E-state index contributed by atoms with van der Waals surface area (Å²) in [6.45, 7) is 4.54. The number of rotatable bonds is 25. The molecule has 0 bridgehead atoms. The molecule has 0 unspecified atom stereocenters. The first-order valence-electron chi connectivity index (χ1n) is 17.0. The van der Waals surface area contributed by atoms with Crippen LogP contribution >= 0.6 is 0 Å². The van der Waals surface area contributed by atoms with Gasteiger partial charge >= 0.3 is 0 Å². The molecule has 0 aliphatic rings. The highest BCUT2D eigenvalue weighted by Crippen LogP contribution is 2.31. The van der Waals surface area contributed by atoms with Gasteiger partial charge in [0.05, 0.1) is 0 Å². The Morgan fingerprint density at radius 1 is 0.500 bits per heavy atom. The van der Waals surface area contributed by atoms with Crippen LogP contribution in [-0.2, 0) is 23.0 Å². The minimum Gasteiger partial charge on any atom is -0.282 e. The summed E-state index contributed by atoms with van der Waals surface area (Å²) < 4.78 is 34.2. The molecule has 0 heterocycles. The zero-order valence-corrected chi connectivity index (χ0v) is 26.8. The van der Waals surface area contributed by atoms with Gasteiger partial charge in [0, 0.05) is 5.39 Å². The summed E-state index contributed by atoms with van der Waals surface area (Å²) in [7, 11) is -4.25. The smallest absolute Gasteiger partial charge is 0.282 e. The first-order valence-corrected chi connectivity index (χ1v) is 18.4.